The Kier molecular flexibility index (Phi) is 5.79. The van der Waals surface area contributed by atoms with Crippen molar-refractivity contribution < 1.29 is 0 Å². The highest BCUT2D eigenvalue weighted by Crippen LogP contribution is 2.18. The highest BCUT2D eigenvalue weighted by atomic mass is 35.5. The molecular weight excluding hydrogens is 342 g/mol. The Bertz CT molecular complexity index is 871. The molecule has 0 atom stereocenters. The number of halogens is 1. The average Bonchev–Trinajstić information content (AvgIpc) is 2.69. The second-order valence-electron chi connectivity index (χ2n) is 6.61. The number of rotatable bonds is 3. The SMILES string of the molecule is Cl.N=C(Cc1ccc2ccccc2c1)N1CCN(c2ccccc2)CC1. The third-order valence-corrected chi connectivity index (χ3v) is 4.97. The molecule has 26 heavy (non-hydrogen) atoms. The van der Waals surface area contributed by atoms with Crippen LogP contribution in [0.3, 0.4) is 0 Å². The van der Waals surface area contributed by atoms with Crippen molar-refractivity contribution in [1.29, 1.82) is 5.41 Å². The minimum Gasteiger partial charge on any atom is -0.368 e. The molecule has 4 heteroatoms. The van der Waals surface area contributed by atoms with E-state index in [4.69, 9.17) is 5.41 Å². The fraction of sp³-hybridized carbons (Fsp3) is 0.227. The number of benzene rings is 3. The van der Waals surface area contributed by atoms with E-state index in [0.29, 0.717) is 6.42 Å². The third-order valence-electron chi connectivity index (χ3n) is 4.97. The zero-order valence-electron chi connectivity index (χ0n) is 14.8. The van der Waals surface area contributed by atoms with Crippen molar-refractivity contribution in [2.45, 2.75) is 6.42 Å². The molecule has 0 saturated carbocycles. The number of nitrogens with zero attached hydrogens (tertiary/aromatic N) is 2. The number of hydrogen-bond donors (Lipinski definition) is 1. The van der Waals surface area contributed by atoms with Crippen LogP contribution in [0, 0.1) is 5.41 Å². The zero-order valence-corrected chi connectivity index (χ0v) is 15.6. The summed E-state index contributed by atoms with van der Waals surface area (Å²) in [5.74, 6) is 0.725. The Morgan fingerprint density at radius 2 is 1.42 bits per heavy atom. The second-order valence-corrected chi connectivity index (χ2v) is 6.61. The first-order valence-electron chi connectivity index (χ1n) is 8.90. The van der Waals surface area contributed by atoms with Gasteiger partial charge in [0.05, 0.1) is 0 Å². The number of piperazine rings is 1. The number of anilines is 1. The largest absolute Gasteiger partial charge is 0.368 e. The Hall–Kier alpha value is -2.52. The van der Waals surface area contributed by atoms with Crippen molar-refractivity contribution >= 4 is 34.7 Å². The van der Waals surface area contributed by atoms with Crippen molar-refractivity contribution in [2.75, 3.05) is 31.1 Å². The van der Waals surface area contributed by atoms with Crippen molar-refractivity contribution in [2.24, 2.45) is 0 Å². The van der Waals surface area contributed by atoms with Crippen molar-refractivity contribution in [3.63, 3.8) is 0 Å². The minimum atomic E-state index is 0. The van der Waals surface area contributed by atoms with Crippen LogP contribution in [0.4, 0.5) is 5.69 Å². The molecule has 0 bridgehead atoms. The van der Waals surface area contributed by atoms with E-state index in [2.05, 4.69) is 82.6 Å². The van der Waals surface area contributed by atoms with Gasteiger partial charge in [-0.15, -0.1) is 12.4 Å². The van der Waals surface area contributed by atoms with Gasteiger partial charge >= 0.3 is 0 Å². The average molecular weight is 366 g/mol. The summed E-state index contributed by atoms with van der Waals surface area (Å²) < 4.78 is 0. The quantitative estimate of drug-likeness (QED) is 0.543. The van der Waals surface area contributed by atoms with E-state index in [1.807, 2.05) is 0 Å². The van der Waals surface area contributed by atoms with Gasteiger partial charge in [0, 0.05) is 38.3 Å². The van der Waals surface area contributed by atoms with Gasteiger partial charge in [0.15, 0.2) is 0 Å². The normalized spacial score (nSPS) is 14.2. The van der Waals surface area contributed by atoms with E-state index in [-0.39, 0.29) is 12.4 Å². The first kappa shape index (κ1) is 18.3. The van der Waals surface area contributed by atoms with Gasteiger partial charge in [0.25, 0.3) is 0 Å². The zero-order chi connectivity index (χ0) is 17.1. The molecule has 134 valence electrons. The molecule has 0 spiro atoms. The fourth-order valence-corrected chi connectivity index (χ4v) is 3.53. The number of amidine groups is 1. The summed E-state index contributed by atoms with van der Waals surface area (Å²) in [5, 5.41) is 11.0. The molecule has 1 fully saturated rings. The van der Waals surface area contributed by atoms with Gasteiger partial charge in [-0.25, -0.2) is 0 Å². The molecule has 1 aliphatic heterocycles. The van der Waals surface area contributed by atoms with Crippen LogP contribution in [0.25, 0.3) is 10.8 Å². The fourth-order valence-electron chi connectivity index (χ4n) is 3.53. The predicted molar refractivity (Wildman–Crippen MR) is 113 cm³/mol. The highest BCUT2D eigenvalue weighted by molar-refractivity contribution is 5.86. The van der Waals surface area contributed by atoms with Gasteiger partial charge in [-0.05, 0) is 28.5 Å². The van der Waals surface area contributed by atoms with Crippen molar-refractivity contribution in [3.8, 4) is 0 Å². The molecule has 4 rings (SSSR count). The summed E-state index contributed by atoms with van der Waals surface area (Å²) in [6.07, 6.45) is 0.705. The van der Waals surface area contributed by atoms with Crippen LogP contribution in [-0.2, 0) is 6.42 Å². The van der Waals surface area contributed by atoms with Crippen LogP contribution in [0.15, 0.2) is 72.8 Å². The summed E-state index contributed by atoms with van der Waals surface area (Å²) in [5.41, 5.74) is 2.50. The molecule has 0 aliphatic carbocycles. The van der Waals surface area contributed by atoms with Crippen LogP contribution < -0.4 is 4.90 Å². The van der Waals surface area contributed by atoms with Crippen LogP contribution in [0.1, 0.15) is 5.56 Å². The number of nitrogens with one attached hydrogen (secondary N) is 1. The third kappa shape index (κ3) is 4.00. The molecule has 3 aromatic carbocycles. The lowest BCUT2D eigenvalue weighted by atomic mass is 10.0. The number of hydrogen-bond acceptors (Lipinski definition) is 2. The van der Waals surface area contributed by atoms with Gasteiger partial charge in [-0.3, -0.25) is 5.41 Å². The Morgan fingerprint density at radius 1 is 0.769 bits per heavy atom. The molecule has 3 aromatic rings. The first-order valence-corrected chi connectivity index (χ1v) is 8.90. The molecule has 3 nitrogen and oxygen atoms in total. The lowest BCUT2D eigenvalue weighted by molar-refractivity contribution is 0.378. The van der Waals surface area contributed by atoms with Gasteiger partial charge in [-0.1, -0.05) is 60.7 Å². The molecule has 1 aliphatic rings. The molecule has 0 radical (unpaired) electrons. The number of para-hydroxylation sites is 1. The molecule has 1 heterocycles. The molecule has 0 aromatic heterocycles. The second kappa shape index (κ2) is 8.24. The van der Waals surface area contributed by atoms with Crippen molar-refractivity contribution in [3.05, 3.63) is 78.4 Å². The van der Waals surface area contributed by atoms with Crippen LogP contribution >= 0.6 is 12.4 Å². The Morgan fingerprint density at radius 3 is 2.15 bits per heavy atom. The van der Waals surface area contributed by atoms with Crippen LogP contribution in [0.2, 0.25) is 0 Å². The maximum atomic E-state index is 8.51. The first-order chi connectivity index (χ1) is 12.3. The smallest absolute Gasteiger partial charge is 0.100 e. The Labute approximate surface area is 161 Å². The molecular formula is C22H24ClN3. The van der Waals surface area contributed by atoms with Gasteiger partial charge < -0.3 is 9.80 Å². The molecule has 0 unspecified atom stereocenters. The summed E-state index contributed by atoms with van der Waals surface area (Å²) in [4.78, 5) is 4.62. The molecule has 0 amide bonds. The summed E-state index contributed by atoms with van der Waals surface area (Å²) in [7, 11) is 0. The lowest BCUT2D eigenvalue weighted by Gasteiger charge is -2.37. The van der Waals surface area contributed by atoms with Gasteiger partial charge in [0.1, 0.15) is 5.84 Å². The summed E-state index contributed by atoms with van der Waals surface area (Å²) >= 11 is 0. The van der Waals surface area contributed by atoms with E-state index in [1.54, 1.807) is 0 Å². The van der Waals surface area contributed by atoms with Crippen LogP contribution in [-0.4, -0.2) is 36.9 Å². The lowest BCUT2D eigenvalue weighted by Crippen LogP contribution is -2.49. The minimum absolute atomic E-state index is 0. The van der Waals surface area contributed by atoms with E-state index in [9.17, 15) is 0 Å². The topological polar surface area (TPSA) is 30.3 Å². The van der Waals surface area contributed by atoms with E-state index < -0.39 is 0 Å². The van der Waals surface area contributed by atoms with Gasteiger partial charge in [-0.2, -0.15) is 0 Å². The Balaban J connectivity index is 0.00000196. The standard InChI is InChI=1S/C22H23N3.ClH/c23-22(17-18-10-11-19-6-4-5-7-20(19)16-18)25-14-12-24(13-15-25)21-8-2-1-3-9-21;/h1-11,16,23H,12-15,17H2;1H. The number of fused-ring (bicyclic) bond motifs is 1. The molecule has 1 saturated heterocycles. The van der Waals surface area contributed by atoms with E-state index in [0.717, 1.165) is 32.0 Å². The maximum Gasteiger partial charge on any atom is 0.100 e. The monoisotopic (exact) mass is 365 g/mol. The maximum absolute atomic E-state index is 8.51. The summed E-state index contributed by atoms with van der Waals surface area (Å²) in [6.45, 7) is 3.79. The van der Waals surface area contributed by atoms with Crippen LogP contribution in [0.5, 0.6) is 0 Å². The van der Waals surface area contributed by atoms with Crippen molar-refractivity contribution in [1.82, 2.24) is 4.90 Å². The summed E-state index contributed by atoms with van der Waals surface area (Å²) in [6, 6.07) is 25.5. The molecule has 1 N–H and O–H groups in total. The van der Waals surface area contributed by atoms with E-state index in [1.165, 1.54) is 22.0 Å². The predicted octanol–water partition coefficient (Wildman–Crippen LogP) is 4.60. The highest BCUT2D eigenvalue weighted by Gasteiger charge is 2.19. The van der Waals surface area contributed by atoms with Gasteiger partial charge in [0.2, 0.25) is 0 Å². The van der Waals surface area contributed by atoms with E-state index >= 15 is 0 Å².